The number of likely N-dealkylation sites (N-methyl/N-ethyl adjacent to an activating group) is 1. The third-order valence-corrected chi connectivity index (χ3v) is 7.07. The van der Waals surface area contributed by atoms with Gasteiger partial charge >= 0.3 is 0 Å². The number of hydrogen-bond donors (Lipinski definition) is 2. The molecule has 1 saturated heterocycles. The molecule has 1 aliphatic carbocycles. The number of benzene rings is 2. The maximum atomic E-state index is 12.3. The van der Waals surface area contributed by atoms with Crippen LogP contribution in [0.1, 0.15) is 30.7 Å². The fourth-order valence-corrected chi connectivity index (χ4v) is 4.94. The largest absolute Gasteiger partial charge is 0.496 e. The van der Waals surface area contributed by atoms with E-state index in [1.807, 2.05) is 19.2 Å². The van der Waals surface area contributed by atoms with Gasteiger partial charge in [-0.25, -0.2) is 4.98 Å². The van der Waals surface area contributed by atoms with Crippen LogP contribution in [0.5, 0.6) is 11.5 Å². The highest BCUT2D eigenvalue weighted by molar-refractivity contribution is 5.96. The third kappa shape index (κ3) is 4.91. The van der Waals surface area contributed by atoms with E-state index in [4.69, 9.17) is 14.5 Å². The number of amides is 1. The van der Waals surface area contributed by atoms with Crippen molar-refractivity contribution in [3.05, 3.63) is 48.0 Å². The predicted molar refractivity (Wildman–Crippen MR) is 140 cm³/mol. The second-order valence-corrected chi connectivity index (χ2v) is 9.43. The van der Waals surface area contributed by atoms with Crippen molar-refractivity contribution in [2.45, 2.75) is 25.2 Å². The molecule has 2 heterocycles. The van der Waals surface area contributed by atoms with Gasteiger partial charge in [0.25, 0.3) is 0 Å². The van der Waals surface area contributed by atoms with Gasteiger partial charge in [0.2, 0.25) is 5.91 Å². The van der Waals surface area contributed by atoms with Gasteiger partial charge in [-0.1, -0.05) is 0 Å². The minimum atomic E-state index is 0.00172. The Morgan fingerprint density at radius 1 is 1.11 bits per heavy atom. The lowest BCUT2D eigenvalue weighted by molar-refractivity contribution is -0.123. The summed E-state index contributed by atoms with van der Waals surface area (Å²) in [5.41, 5.74) is 5.24. The molecule has 7 heteroatoms. The Morgan fingerprint density at radius 2 is 1.91 bits per heavy atom. The van der Waals surface area contributed by atoms with E-state index in [0.717, 1.165) is 58.9 Å². The Kier molecular flexibility index (Phi) is 6.77. The number of ether oxygens (including phenoxy) is 2. The molecule has 7 nitrogen and oxygen atoms in total. The van der Waals surface area contributed by atoms with E-state index < -0.39 is 0 Å². The molecule has 35 heavy (non-hydrogen) atoms. The summed E-state index contributed by atoms with van der Waals surface area (Å²) in [6.07, 6.45) is 3.25. The first-order valence-corrected chi connectivity index (χ1v) is 12.5. The molecule has 5 rings (SSSR count). The second kappa shape index (κ2) is 10.1. The van der Waals surface area contributed by atoms with Gasteiger partial charge in [-0.3, -0.25) is 4.79 Å². The zero-order valence-electron chi connectivity index (χ0n) is 20.8. The van der Waals surface area contributed by atoms with Crippen molar-refractivity contribution in [3.8, 4) is 22.8 Å². The minimum Gasteiger partial charge on any atom is -0.496 e. The number of carbonyl (C=O) groups excluding carboxylic acids is 1. The Bertz CT molecular complexity index is 1210. The number of nitrogens with one attached hydrogen (secondary N) is 2. The van der Waals surface area contributed by atoms with E-state index in [1.54, 1.807) is 14.2 Å². The van der Waals surface area contributed by atoms with Crippen LogP contribution in [0.15, 0.2) is 42.5 Å². The average molecular weight is 475 g/mol. The summed E-state index contributed by atoms with van der Waals surface area (Å²) in [5.74, 6) is 2.43. The van der Waals surface area contributed by atoms with E-state index in [2.05, 4.69) is 45.9 Å². The van der Waals surface area contributed by atoms with Crippen LogP contribution in [-0.4, -0.2) is 58.3 Å². The first-order chi connectivity index (χ1) is 17.1. The summed E-state index contributed by atoms with van der Waals surface area (Å²) in [6.45, 7) is 2.98. The van der Waals surface area contributed by atoms with Crippen molar-refractivity contribution in [1.82, 2.24) is 15.6 Å². The van der Waals surface area contributed by atoms with E-state index >= 15 is 0 Å². The number of rotatable bonds is 9. The fourth-order valence-electron chi connectivity index (χ4n) is 4.94. The zero-order chi connectivity index (χ0) is 24.4. The van der Waals surface area contributed by atoms with Crippen LogP contribution in [0.25, 0.3) is 22.2 Å². The number of fused-ring (bicyclic) bond motifs is 1. The number of hydrogen-bond acceptors (Lipinski definition) is 6. The van der Waals surface area contributed by atoms with E-state index in [-0.39, 0.29) is 11.8 Å². The fraction of sp³-hybridized carbons (Fsp3) is 0.429. The molecular weight excluding hydrogens is 440 g/mol. The number of methoxy groups -OCH3 is 1. The highest BCUT2D eigenvalue weighted by atomic mass is 16.5. The van der Waals surface area contributed by atoms with E-state index in [1.165, 1.54) is 18.4 Å². The molecule has 3 aromatic rings. The van der Waals surface area contributed by atoms with Crippen LogP contribution in [0.4, 0.5) is 5.69 Å². The quantitative estimate of drug-likeness (QED) is 0.458. The van der Waals surface area contributed by atoms with Gasteiger partial charge in [0.1, 0.15) is 18.1 Å². The highest BCUT2D eigenvalue weighted by Crippen LogP contribution is 2.47. The predicted octanol–water partition coefficient (Wildman–Crippen LogP) is 3.96. The van der Waals surface area contributed by atoms with Crippen LogP contribution >= 0.6 is 0 Å². The van der Waals surface area contributed by atoms with Crippen LogP contribution < -0.4 is 25.0 Å². The van der Waals surface area contributed by atoms with Crippen molar-refractivity contribution < 1.29 is 14.3 Å². The monoisotopic (exact) mass is 474 g/mol. The molecule has 1 aliphatic heterocycles. The molecule has 1 atom stereocenters. The van der Waals surface area contributed by atoms with Crippen molar-refractivity contribution in [2.24, 2.45) is 5.92 Å². The Hall–Kier alpha value is -3.32. The highest BCUT2D eigenvalue weighted by Gasteiger charge is 2.31. The summed E-state index contributed by atoms with van der Waals surface area (Å²) in [6, 6.07) is 14.6. The number of pyridine rings is 1. The number of anilines is 1. The molecule has 0 spiro atoms. The average Bonchev–Trinajstić information content (AvgIpc) is 3.63. The molecular formula is C28H34N4O3. The summed E-state index contributed by atoms with van der Waals surface area (Å²) >= 11 is 0. The molecule has 1 aromatic heterocycles. The Balaban J connectivity index is 1.55. The van der Waals surface area contributed by atoms with Crippen LogP contribution in [0, 0.1) is 5.92 Å². The summed E-state index contributed by atoms with van der Waals surface area (Å²) in [4.78, 5) is 19.7. The van der Waals surface area contributed by atoms with Crippen LogP contribution in [0.3, 0.4) is 0 Å². The third-order valence-electron chi connectivity index (χ3n) is 7.07. The van der Waals surface area contributed by atoms with Gasteiger partial charge in [0, 0.05) is 49.4 Å². The van der Waals surface area contributed by atoms with Gasteiger partial charge < -0.3 is 25.0 Å². The van der Waals surface area contributed by atoms with Crippen molar-refractivity contribution in [3.63, 3.8) is 0 Å². The first kappa shape index (κ1) is 23.4. The molecule has 0 radical (unpaired) electrons. The van der Waals surface area contributed by atoms with Gasteiger partial charge in [0.15, 0.2) is 0 Å². The van der Waals surface area contributed by atoms with E-state index in [0.29, 0.717) is 19.1 Å². The Labute approximate surface area is 206 Å². The lowest BCUT2D eigenvalue weighted by Crippen LogP contribution is -2.30. The molecule has 2 aromatic carbocycles. The molecule has 2 N–H and O–H groups in total. The maximum absolute atomic E-state index is 12.3. The van der Waals surface area contributed by atoms with Crippen LogP contribution in [0.2, 0.25) is 0 Å². The maximum Gasteiger partial charge on any atom is 0.224 e. The standard InChI is InChI=1S/C28H34N4O3/c1-29-11-13-35-21-8-6-19(7-9-21)24-15-26(32-12-10-20(17-32)28(33)30-2)23-14-22(18-4-5-18)27(34-3)16-25(23)31-24/h6-9,14-16,18,20,29H,4-5,10-13,17H2,1-3H3,(H,30,33). The van der Waals surface area contributed by atoms with E-state index in [9.17, 15) is 4.79 Å². The SMILES string of the molecule is CNCCOc1ccc(-c2cc(N3CCC(C(=O)NC)C3)c3cc(C4CC4)c(OC)cc3n2)cc1. The minimum absolute atomic E-state index is 0.00172. The number of aromatic nitrogens is 1. The normalized spacial score (nSPS) is 17.6. The molecule has 1 unspecified atom stereocenters. The molecule has 1 amide bonds. The van der Waals surface area contributed by atoms with Crippen LogP contribution in [-0.2, 0) is 4.79 Å². The van der Waals surface area contributed by atoms with Gasteiger partial charge in [-0.05, 0) is 74.2 Å². The summed E-state index contributed by atoms with van der Waals surface area (Å²) < 4.78 is 11.5. The zero-order valence-corrected chi connectivity index (χ0v) is 20.8. The molecule has 2 fully saturated rings. The summed E-state index contributed by atoms with van der Waals surface area (Å²) in [5, 5.41) is 7.03. The Morgan fingerprint density at radius 3 is 2.60 bits per heavy atom. The van der Waals surface area contributed by atoms with Gasteiger partial charge in [0.05, 0.1) is 24.2 Å². The van der Waals surface area contributed by atoms with Gasteiger partial charge in [-0.2, -0.15) is 0 Å². The smallest absolute Gasteiger partial charge is 0.224 e. The second-order valence-electron chi connectivity index (χ2n) is 9.43. The lowest BCUT2D eigenvalue weighted by atomic mass is 10.0. The van der Waals surface area contributed by atoms with Crippen molar-refractivity contribution in [1.29, 1.82) is 0 Å². The topological polar surface area (TPSA) is 75.7 Å². The molecule has 1 saturated carbocycles. The lowest BCUT2D eigenvalue weighted by Gasteiger charge is -2.23. The van der Waals surface area contributed by atoms with Crippen molar-refractivity contribution >= 4 is 22.5 Å². The summed E-state index contributed by atoms with van der Waals surface area (Å²) in [7, 11) is 5.36. The van der Waals surface area contributed by atoms with Gasteiger partial charge in [-0.15, -0.1) is 0 Å². The first-order valence-electron chi connectivity index (χ1n) is 12.5. The number of carbonyl (C=O) groups is 1. The van der Waals surface area contributed by atoms with Crippen molar-refractivity contribution in [2.75, 3.05) is 52.3 Å². The molecule has 184 valence electrons. The molecule has 2 aliphatic rings. The number of nitrogens with zero attached hydrogens (tertiary/aromatic N) is 2. The molecule has 0 bridgehead atoms.